The number of halogens is 4. The normalized spacial score (nSPS) is 24.8. The molecule has 3 aromatic carbocycles. The lowest BCUT2D eigenvalue weighted by molar-refractivity contribution is -0.332. The van der Waals surface area contributed by atoms with Crippen molar-refractivity contribution < 1.29 is 32.1 Å². The molecule has 10 nitrogen and oxygen atoms in total. The second kappa shape index (κ2) is 12.3. The summed E-state index contributed by atoms with van der Waals surface area (Å²) in [4.78, 5) is 0. The zero-order valence-electron chi connectivity index (χ0n) is 23.7. The highest BCUT2D eigenvalue weighted by Crippen LogP contribution is 2.44. The first-order chi connectivity index (χ1) is 21.9. The van der Waals surface area contributed by atoms with Gasteiger partial charge in [-0.2, -0.15) is 0 Å². The van der Waals surface area contributed by atoms with Gasteiger partial charge >= 0.3 is 0 Å². The molecule has 4 heterocycles. The van der Waals surface area contributed by atoms with E-state index in [0.29, 0.717) is 10.7 Å². The van der Waals surface area contributed by atoms with Crippen LogP contribution in [-0.2, 0) is 18.9 Å². The summed E-state index contributed by atoms with van der Waals surface area (Å²) in [5.41, 5.74) is 2.32. The fraction of sp³-hybridized carbons (Fsp3) is 0.290. The van der Waals surface area contributed by atoms with Crippen molar-refractivity contribution in [1.29, 1.82) is 0 Å². The highest BCUT2D eigenvalue weighted by atomic mass is 35.5. The molecule has 0 amide bonds. The predicted octanol–water partition coefficient (Wildman–Crippen LogP) is 5.93. The average Bonchev–Trinajstić information content (AvgIpc) is 3.74. The van der Waals surface area contributed by atoms with Gasteiger partial charge < -0.3 is 18.9 Å². The lowest BCUT2D eigenvalue weighted by Gasteiger charge is -2.49. The van der Waals surface area contributed by atoms with E-state index < -0.39 is 54.3 Å². The first-order valence-corrected chi connectivity index (χ1v) is 14.6. The standard InChI is InChI=1S/C31H26ClF3N6O4/c1-2-42-29-27(40-15-23(37-39-40)19-12-21(33)26(35)22(34)13-19)28-25(16-43-31(45-28)17-7-4-3-5-8-17)44-30(29)41-24(14-36-38-41)18-9-6-10-20(32)11-18/h3-15,25,27-31H,2,16H2,1H3/t25-,27+,28+,29-,30-,31?/m1/s1. The van der Waals surface area contributed by atoms with Crippen molar-refractivity contribution in [2.45, 2.75) is 43.8 Å². The minimum atomic E-state index is -1.57. The number of fused-ring (bicyclic) bond motifs is 1. The summed E-state index contributed by atoms with van der Waals surface area (Å²) < 4.78 is 70.7. The molecule has 6 atom stereocenters. The van der Waals surface area contributed by atoms with Crippen LogP contribution in [0.5, 0.6) is 0 Å². The molecule has 45 heavy (non-hydrogen) atoms. The third-order valence-corrected chi connectivity index (χ3v) is 8.03. The Morgan fingerprint density at radius 3 is 2.51 bits per heavy atom. The van der Waals surface area contributed by atoms with Gasteiger partial charge in [0.1, 0.15) is 30.0 Å². The van der Waals surface area contributed by atoms with Crippen LogP contribution >= 0.6 is 11.6 Å². The second-order valence-electron chi connectivity index (χ2n) is 10.6. The van der Waals surface area contributed by atoms with Crippen LogP contribution in [0.2, 0.25) is 5.02 Å². The van der Waals surface area contributed by atoms with E-state index in [1.54, 1.807) is 23.0 Å². The van der Waals surface area contributed by atoms with Crippen LogP contribution in [0.25, 0.3) is 22.5 Å². The van der Waals surface area contributed by atoms with E-state index in [1.807, 2.05) is 49.4 Å². The number of hydrogen-bond donors (Lipinski definition) is 0. The van der Waals surface area contributed by atoms with Gasteiger partial charge in [0.15, 0.2) is 30.0 Å². The van der Waals surface area contributed by atoms with Crippen LogP contribution in [0.4, 0.5) is 13.2 Å². The van der Waals surface area contributed by atoms with Gasteiger partial charge in [-0.15, -0.1) is 10.2 Å². The Bertz CT molecular complexity index is 1780. The summed E-state index contributed by atoms with van der Waals surface area (Å²) in [6.07, 6.45) is -0.522. The minimum absolute atomic E-state index is 0.0142. The van der Waals surface area contributed by atoms with Crippen molar-refractivity contribution in [3.05, 3.63) is 107 Å². The molecule has 2 aliphatic heterocycles. The molecular formula is C31H26ClF3N6O4. The van der Waals surface area contributed by atoms with Gasteiger partial charge in [0.05, 0.1) is 24.7 Å². The lowest BCUT2D eigenvalue weighted by Crippen LogP contribution is -2.58. The molecule has 7 rings (SSSR count). The summed E-state index contributed by atoms with van der Waals surface area (Å²) in [6, 6.07) is 17.7. The minimum Gasteiger partial charge on any atom is -0.371 e. The molecule has 14 heteroatoms. The Kier molecular flexibility index (Phi) is 8.10. The SMILES string of the molecule is CCO[C@@H]1[C@@H](n2cc(-c3cc(F)c(F)c(F)c3)nn2)[C@H]2OC(c3ccccc3)OC[C@H]2O[C@H]1n1nncc1-c1cccc(Cl)c1. The third kappa shape index (κ3) is 5.62. The largest absolute Gasteiger partial charge is 0.371 e. The van der Waals surface area contributed by atoms with Gasteiger partial charge in [0, 0.05) is 28.3 Å². The van der Waals surface area contributed by atoms with E-state index in [4.69, 9.17) is 30.5 Å². The molecular weight excluding hydrogens is 613 g/mol. The van der Waals surface area contributed by atoms with Crippen molar-refractivity contribution in [3.8, 4) is 22.5 Å². The molecule has 0 N–H and O–H groups in total. The zero-order valence-corrected chi connectivity index (χ0v) is 24.5. The zero-order chi connectivity index (χ0) is 31.1. The first kappa shape index (κ1) is 29.6. The van der Waals surface area contributed by atoms with Crippen LogP contribution in [0.15, 0.2) is 79.1 Å². The monoisotopic (exact) mass is 638 g/mol. The fourth-order valence-electron chi connectivity index (χ4n) is 5.78. The fourth-order valence-corrected chi connectivity index (χ4v) is 5.97. The molecule has 2 aromatic heterocycles. The number of aromatic nitrogens is 6. The molecule has 2 saturated heterocycles. The highest BCUT2D eigenvalue weighted by Gasteiger charge is 2.53. The van der Waals surface area contributed by atoms with Gasteiger partial charge in [-0.25, -0.2) is 22.5 Å². The van der Waals surface area contributed by atoms with E-state index in [1.165, 1.54) is 10.9 Å². The predicted molar refractivity (Wildman–Crippen MR) is 154 cm³/mol. The van der Waals surface area contributed by atoms with Crippen molar-refractivity contribution in [3.63, 3.8) is 0 Å². The summed E-state index contributed by atoms with van der Waals surface area (Å²) in [7, 11) is 0. The molecule has 232 valence electrons. The molecule has 0 radical (unpaired) electrons. The third-order valence-electron chi connectivity index (χ3n) is 7.79. The van der Waals surface area contributed by atoms with Crippen molar-refractivity contribution in [1.82, 2.24) is 30.0 Å². The number of rotatable bonds is 7. The van der Waals surface area contributed by atoms with Crippen LogP contribution in [0, 0.1) is 17.5 Å². The maximum absolute atomic E-state index is 14.1. The number of nitrogens with zero attached hydrogens (tertiary/aromatic N) is 6. The molecule has 1 unspecified atom stereocenters. The molecule has 0 saturated carbocycles. The number of ether oxygens (including phenoxy) is 4. The van der Waals surface area contributed by atoms with Crippen molar-refractivity contribution in [2.24, 2.45) is 0 Å². The Balaban J connectivity index is 1.32. The molecule has 2 fully saturated rings. The molecule has 0 bridgehead atoms. The molecule has 0 aliphatic carbocycles. The second-order valence-corrected chi connectivity index (χ2v) is 11.0. The number of benzene rings is 3. The highest BCUT2D eigenvalue weighted by molar-refractivity contribution is 6.30. The van der Waals surface area contributed by atoms with Crippen molar-refractivity contribution >= 4 is 11.6 Å². The summed E-state index contributed by atoms with van der Waals surface area (Å²) in [5.74, 6) is -4.24. The summed E-state index contributed by atoms with van der Waals surface area (Å²) >= 11 is 6.29. The van der Waals surface area contributed by atoms with E-state index in [-0.39, 0.29) is 24.5 Å². The van der Waals surface area contributed by atoms with E-state index in [2.05, 4.69) is 20.6 Å². The van der Waals surface area contributed by atoms with Gasteiger partial charge in [0.2, 0.25) is 0 Å². The quantitative estimate of drug-likeness (QED) is 0.202. The topological polar surface area (TPSA) is 98.3 Å². The first-order valence-electron chi connectivity index (χ1n) is 14.2. The molecule has 5 aromatic rings. The van der Waals surface area contributed by atoms with Crippen molar-refractivity contribution in [2.75, 3.05) is 13.2 Å². The lowest BCUT2D eigenvalue weighted by atomic mass is 9.93. The van der Waals surface area contributed by atoms with E-state index in [9.17, 15) is 13.2 Å². The maximum Gasteiger partial charge on any atom is 0.194 e. The molecule has 0 spiro atoms. The van der Waals surface area contributed by atoms with Gasteiger partial charge in [-0.1, -0.05) is 64.5 Å². The van der Waals surface area contributed by atoms with Crippen LogP contribution in [0.3, 0.4) is 0 Å². The Hall–Kier alpha value is -4.14. The summed E-state index contributed by atoms with van der Waals surface area (Å²) in [5, 5.41) is 17.6. The van der Waals surface area contributed by atoms with Gasteiger partial charge in [0.25, 0.3) is 0 Å². The maximum atomic E-state index is 14.1. The van der Waals surface area contributed by atoms with Gasteiger partial charge in [-0.3, -0.25) is 0 Å². The van der Waals surface area contributed by atoms with Crippen LogP contribution < -0.4 is 0 Å². The van der Waals surface area contributed by atoms with E-state index in [0.717, 1.165) is 23.3 Å². The average molecular weight is 639 g/mol. The smallest absolute Gasteiger partial charge is 0.194 e. The van der Waals surface area contributed by atoms with Crippen LogP contribution in [-0.4, -0.2) is 61.5 Å². The summed E-state index contributed by atoms with van der Waals surface area (Å²) in [6.45, 7) is 2.29. The van der Waals surface area contributed by atoms with E-state index >= 15 is 0 Å². The van der Waals surface area contributed by atoms with Gasteiger partial charge in [-0.05, 0) is 31.2 Å². The Morgan fingerprint density at radius 1 is 0.956 bits per heavy atom. The Morgan fingerprint density at radius 2 is 1.76 bits per heavy atom. The number of hydrogen-bond acceptors (Lipinski definition) is 8. The molecule has 2 aliphatic rings. The van der Waals surface area contributed by atoms with Crippen LogP contribution in [0.1, 0.15) is 31.0 Å². The Labute approximate surface area is 260 Å².